The fraction of sp³-hybridized carbons (Fsp3) is 0.350. The van der Waals surface area contributed by atoms with Crippen LogP contribution in [-0.4, -0.2) is 26.6 Å². The van der Waals surface area contributed by atoms with Crippen LogP contribution in [0.25, 0.3) is 0 Å². The van der Waals surface area contributed by atoms with Crippen LogP contribution >= 0.6 is 0 Å². The average Bonchev–Trinajstić information content (AvgIpc) is 2.56. The summed E-state index contributed by atoms with van der Waals surface area (Å²) in [6.45, 7) is 7.51. The van der Waals surface area contributed by atoms with E-state index in [-0.39, 0.29) is 5.91 Å². The number of rotatable bonds is 6. The minimum atomic E-state index is -3.62. The Morgan fingerprint density at radius 2 is 1.73 bits per heavy atom. The van der Waals surface area contributed by atoms with Gasteiger partial charge in [0.1, 0.15) is 6.04 Å². The normalized spacial score (nSPS) is 12.5. The van der Waals surface area contributed by atoms with Gasteiger partial charge in [0.2, 0.25) is 15.9 Å². The first-order valence-corrected chi connectivity index (χ1v) is 10.4. The Morgan fingerprint density at radius 3 is 2.23 bits per heavy atom. The van der Waals surface area contributed by atoms with E-state index < -0.39 is 16.1 Å². The molecule has 0 fully saturated rings. The second-order valence-corrected chi connectivity index (χ2v) is 8.42. The van der Waals surface area contributed by atoms with E-state index in [1.165, 1.54) is 0 Å². The molecular formula is C20H26N2O3S. The molecule has 0 radical (unpaired) electrons. The summed E-state index contributed by atoms with van der Waals surface area (Å²) in [6, 6.07) is 12.1. The number of hydrogen-bond donors (Lipinski definition) is 1. The Labute approximate surface area is 156 Å². The van der Waals surface area contributed by atoms with Crippen molar-refractivity contribution >= 4 is 27.3 Å². The van der Waals surface area contributed by atoms with Gasteiger partial charge in [0, 0.05) is 5.69 Å². The van der Waals surface area contributed by atoms with Crippen molar-refractivity contribution in [3.8, 4) is 0 Å². The van der Waals surface area contributed by atoms with Crippen LogP contribution in [0.3, 0.4) is 0 Å². The third kappa shape index (κ3) is 4.64. The van der Waals surface area contributed by atoms with Crippen LogP contribution in [0.1, 0.15) is 30.5 Å². The van der Waals surface area contributed by atoms with Gasteiger partial charge in [0.15, 0.2) is 0 Å². The monoisotopic (exact) mass is 374 g/mol. The second kappa shape index (κ2) is 7.91. The number of benzene rings is 2. The Morgan fingerprint density at radius 1 is 1.12 bits per heavy atom. The summed E-state index contributed by atoms with van der Waals surface area (Å²) in [7, 11) is -3.62. The molecule has 0 aliphatic carbocycles. The summed E-state index contributed by atoms with van der Waals surface area (Å²) in [6.07, 6.45) is 1.98. The van der Waals surface area contributed by atoms with Gasteiger partial charge >= 0.3 is 0 Å². The lowest BCUT2D eigenvalue weighted by Crippen LogP contribution is -2.45. The second-order valence-electron chi connectivity index (χ2n) is 6.56. The molecule has 1 N–H and O–H groups in total. The van der Waals surface area contributed by atoms with E-state index in [1.54, 1.807) is 19.1 Å². The van der Waals surface area contributed by atoms with E-state index >= 15 is 0 Å². The number of carbonyl (C=O) groups excluding carboxylic acids is 1. The van der Waals surface area contributed by atoms with Crippen molar-refractivity contribution in [2.24, 2.45) is 0 Å². The molecule has 0 aromatic heterocycles. The molecular weight excluding hydrogens is 348 g/mol. The van der Waals surface area contributed by atoms with Crippen LogP contribution in [0.5, 0.6) is 0 Å². The van der Waals surface area contributed by atoms with Crippen LogP contribution in [0.15, 0.2) is 42.5 Å². The fourth-order valence-electron chi connectivity index (χ4n) is 2.88. The van der Waals surface area contributed by atoms with E-state index in [0.717, 1.165) is 33.7 Å². The molecule has 5 nitrogen and oxygen atoms in total. The van der Waals surface area contributed by atoms with E-state index in [1.807, 2.05) is 51.1 Å². The highest BCUT2D eigenvalue weighted by Crippen LogP contribution is 2.23. The zero-order chi connectivity index (χ0) is 19.5. The van der Waals surface area contributed by atoms with E-state index in [2.05, 4.69) is 5.32 Å². The van der Waals surface area contributed by atoms with Gasteiger partial charge in [-0.3, -0.25) is 9.10 Å². The summed E-state index contributed by atoms with van der Waals surface area (Å²) in [5, 5.41) is 2.84. The first-order valence-electron chi connectivity index (χ1n) is 8.60. The van der Waals surface area contributed by atoms with Crippen molar-refractivity contribution in [1.82, 2.24) is 0 Å². The summed E-state index contributed by atoms with van der Waals surface area (Å²) in [4.78, 5) is 12.7. The summed E-state index contributed by atoms with van der Waals surface area (Å²) in [5.74, 6) is -0.373. The van der Waals surface area contributed by atoms with Gasteiger partial charge in [-0.1, -0.05) is 36.8 Å². The molecule has 0 saturated carbocycles. The molecule has 0 bridgehead atoms. The Hall–Kier alpha value is -2.34. The maximum absolute atomic E-state index is 12.7. The Bertz CT molecular complexity index is 890. The molecule has 2 aromatic carbocycles. The van der Waals surface area contributed by atoms with E-state index in [0.29, 0.717) is 11.4 Å². The maximum atomic E-state index is 12.7. The average molecular weight is 375 g/mol. The molecule has 0 saturated heterocycles. The number of amides is 1. The van der Waals surface area contributed by atoms with Crippen molar-refractivity contribution in [1.29, 1.82) is 0 Å². The summed E-state index contributed by atoms with van der Waals surface area (Å²) < 4.78 is 25.8. The van der Waals surface area contributed by atoms with Crippen molar-refractivity contribution < 1.29 is 13.2 Å². The van der Waals surface area contributed by atoms with Crippen molar-refractivity contribution in [3.63, 3.8) is 0 Å². The predicted molar refractivity (Wildman–Crippen MR) is 107 cm³/mol. The topological polar surface area (TPSA) is 66.5 Å². The smallest absolute Gasteiger partial charge is 0.248 e. The Balaban J connectivity index is 2.30. The SMILES string of the molecule is CCc1ccc(N([C@@H](C)C(=O)Nc2ccc(C)cc2C)S(C)(=O)=O)cc1. The highest BCUT2D eigenvalue weighted by Gasteiger charge is 2.29. The minimum absolute atomic E-state index is 0.373. The third-order valence-electron chi connectivity index (χ3n) is 4.33. The largest absolute Gasteiger partial charge is 0.324 e. The quantitative estimate of drug-likeness (QED) is 0.839. The van der Waals surface area contributed by atoms with Crippen LogP contribution in [-0.2, 0) is 21.2 Å². The molecule has 0 aliphatic heterocycles. The van der Waals surface area contributed by atoms with Crippen LogP contribution in [0.2, 0.25) is 0 Å². The van der Waals surface area contributed by atoms with Crippen LogP contribution in [0.4, 0.5) is 11.4 Å². The van der Waals surface area contributed by atoms with Gasteiger partial charge < -0.3 is 5.32 Å². The molecule has 2 aromatic rings. The standard InChI is InChI=1S/C20H26N2O3S/c1-6-17-8-10-18(11-9-17)22(26(5,24)25)16(4)20(23)21-19-12-7-14(2)13-15(19)3/h7-13,16H,6H2,1-5H3,(H,21,23)/t16-/m0/s1. The first-order chi connectivity index (χ1) is 12.1. The number of carbonyl (C=O) groups is 1. The molecule has 6 heteroatoms. The number of aryl methyl sites for hydroxylation is 3. The lowest BCUT2D eigenvalue weighted by Gasteiger charge is -2.28. The number of anilines is 2. The zero-order valence-electron chi connectivity index (χ0n) is 15.9. The van der Waals surface area contributed by atoms with Crippen LogP contribution in [0, 0.1) is 13.8 Å². The molecule has 1 amide bonds. The predicted octanol–water partition coefficient (Wildman–Crippen LogP) is 3.66. The van der Waals surface area contributed by atoms with Gasteiger partial charge in [-0.25, -0.2) is 8.42 Å². The molecule has 0 unspecified atom stereocenters. The first kappa shape index (κ1) is 20.0. The van der Waals surface area contributed by atoms with Gasteiger partial charge in [0.05, 0.1) is 11.9 Å². The number of nitrogens with one attached hydrogen (secondary N) is 1. The number of hydrogen-bond acceptors (Lipinski definition) is 3. The summed E-state index contributed by atoms with van der Waals surface area (Å²) in [5.41, 5.74) is 4.30. The zero-order valence-corrected chi connectivity index (χ0v) is 16.7. The number of nitrogens with zero attached hydrogens (tertiary/aromatic N) is 1. The molecule has 2 rings (SSSR count). The van der Waals surface area contributed by atoms with Crippen LogP contribution < -0.4 is 9.62 Å². The Kier molecular flexibility index (Phi) is 6.08. The highest BCUT2D eigenvalue weighted by atomic mass is 32.2. The lowest BCUT2D eigenvalue weighted by molar-refractivity contribution is -0.116. The molecule has 0 spiro atoms. The summed E-state index contributed by atoms with van der Waals surface area (Å²) >= 11 is 0. The number of sulfonamides is 1. The molecule has 26 heavy (non-hydrogen) atoms. The molecule has 1 atom stereocenters. The van der Waals surface area contributed by atoms with Crippen molar-refractivity contribution in [2.45, 2.75) is 40.2 Å². The van der Waals surface area contributed by atoms with Gasteiger partial charge in [0.25, 0.3) is 0 Å². The van der Waals surface area contributed by atoms with E-state index in [9.17, 15) is 13.2 Å². The molecule has 0 heterocycles. The molecule has 0 aliphatic rings. The highest BCUT2D eigenvalue weighted by molar-refractivity contribution is 7.92. The van der Waals surface area contributed by atoms with E-state index in [4.69, 9.17) is 0 Å². The lowest BCUT2D eigenvalue weighted by atomic mass is 10.1. The minimum Gasteiger partial charge on any atom is -0.324 e. The fourth-order valence-corrected chi connectivity index (χ4v) is 4.05. The van der Waals surface area contributed by atoms with Crippen molar-refractivity contribution in [3.05, 3.63) is 59.2 Å². The van der Waals surface area contributed by atoms with Gasteiger partial charge in [-0.05, 0) is 56.5 Å². The van der Waals surface area contributed by atoms with Crippen molar-refractivity contribution in [2.75, 3.05) is 15.9 Å². The molecule has 140 valence electrons. The maximum Gasteiger partial charge on any atom is 0.248 e. The van der Waals surface area contributed by atoms with Gasteiger partial charge in [-0.2, -0.15) is 0 Å². The van der Waals surface area contributed by atoms with Gasteiger partial charge in [-0.15, -0.1) is 0 Å². The third-order valence-corrected chi connectivity index (χ3v) is 5.57.